The number of benzene rings is 2. The Kier molecular flexibility index (Phi) is 4.90. The predicted molar refractivity (Wildman–Crippen MR) is 102 cm³/mol. The van der Waals surface area contributed by atoms with Gasteiger partial charge in [-0.2, -0.15) is 0 Å². The highest BCUT2D eigenvalue weighted by atomic mass is 35.5. The quantitative estimate of drug-likeness (QED) is 0.752. The van der Waals surface area contributed by atoms with Crippen LogP contribution in [0.15, 0.2) is 54.6 Å². The molecule has 134 valence electrons. The number of aliphatic hydroxyl groups is 1. The van der Waals surface area contributed by atoms with Crippen LogP contribution in [0.1, 0.15) is 11.3 Å². The first kappa shape index (κ1) is 17.4. The maximum absolute atomic E-state index is 13.3. The van der Waals surface area contributed by atoms with Crippen molar-refractivity contribution < 1.29 is 9.50 Å². The number of nitrogens with zero attached hydrogens (tertiary/aromatic N) is 2. The molecule has 0 amide bonds. The Balaban J connectivity index is 1.43. The van der Waals surface area contributed by atoms with Crippen molar-refractivity contribution in [2.75, 3.05) is 13.1 Å². The Labute approximate surface area is 157 Å². The van der Waals surface area contributed by atoms with Gasteiger partial charge >= 0.3 is 0 Å². The number of aliphatic hydroxyl groups excluding tert-OH is 1. The van der Waals surface area contributed by atoms with Crippen molar-refractivity contribution >= 4 is 22.5 Å². The fourth-order valence-electron chi connectivity index (χ4n) is 3.66. The second-order valence-corrected chi connectivity index (χ2v) is 7.38. The van der Waals surface area contributed by atoms with Crippen LogP contribution in [0.4, 0.5) is 4.39 Å². The van der Waals surface area contributed by atoms with E-state index in [-0.39, 0.29) is 17.0 Å². The van der Waals surface area contributed by atoms with Crippen molar-refractivity contribution in [3.8, 4) is 0 Å². The van der Waals surface area contributed by atoms with E-state index in [9.17, 15) is 9.50 Å². The third-order valence-electron chi connectivity index (χ3n) is 5.00. The van der Waals surface area contributed by atoms with E-state index >= 15 is 0 Å². The zero-order valence-electron chi connectivity index (χ0n) is 14.3. The maximum Gasteiger partial charge on any atom is 0.141 e. The largest absolute Gasteiger partial charge is 0.391 e. The van der Waals surface area contributed by atoms with Crippen LogP contribution >= 0.6 is 11.6 Å². The van der Waals surface area contributed by atoms with Crippen LogP contribution in [-0.4, -0.2) is 34.2 Å². The van der Waals surface area contributed by atoms with Gasteiger partial charge in [-0.25, -0.2) is 4.39 Å². The van der Waals surface area contributed by atoms with Crippen molar-refractivity contribution in [2.24, 2.45) is 5.92 Å². The lowest BCUT2D eigenvalue weighted by atomic mass is 9.99. The summed E-state index contributed by atoms with van der Waals surface area (Å²) in [7, 11) is 0. The molecule has 0 spiro atoms. The van der Waals surface area contributed by atoms with Gasteiger partial charge in [-0.15, -0.1) is 0 Å². The van der Waals surface area contributed by atoms with E-state index in [1.807, 2.05) is 30.3 Å². The van der Waals surface area contributed by atoms with E-state index in [4.69, 9.17) is 16.6 Å². The number of pyridine rings is 1. The standard InChI is InChI=1S/C21H20ClFN2O/c22-18-9-14(5-8-19(18)23)11-25-12-16(21(26)13-25)10-17-7-6-15-3-1-2-4-20(15)24-17/h1-9,16,21,26H,10-13H2/t16-,21-/m1/s1. The van der Waals surface area contributed by atoms with Gasteiger partial charge in [-0.3, -0.25) is 9.88 Å². The summed E-state index contributed by atoms with van der Waals surface area (Å²) < 4.78 is 13.3. The van der Waals surface area contributed by atoms with E-state index in [2.05, 4.69) is 11.0 Å². The molecule has 1 aliphatic rings. The van der Waals surface area contributed by atoms with E-state index in [0.717, 1.165) is 35.1 Å². The second-order valence-electron chi connectivity index (χ2n) is 6.97. The van der Waals surface area contributed by atoms with Gasteiger partial charge in [-0.05, 0) is 36.2 Å². The lowest BCUT2D eigenvalue weighted by Crippen LogP contribution is -2.21. The van der Waals surface area contributed by atoms with Crippen molar-refractivity contribution in [2.45, 2.75) is 19.1 Å². The van der Waals surface area contributed by atoms with Gasteiger partial charge in [0.2, 0.25) is 0 Å². The average molecular weight is 371 g/mol. The van der Waals surface area contributed by atoms with Crippen molar-refractivity contribution in [1.82, 2.24) is 9.88 Å². The number of halogens is 2. The van der Waals surface area contributed by atoms with Gasteiger partial charge in [0.25, 0.3) is 0 Å². The number of para-hydroxylation sites is 1. The van der Waals surface area contributed by atoms with Crippen LogP contribution in [-0.2, 0) is 13.0 Å². The molecule has 1 aromatic heterocycles. The molecule has 3 nitrogen and oxygen atoms in total. The fraction of sp³-hybridized carbons (Fsp3) is 0.286. The van der Waals surface area contributed by atoms with E-state index < -0.39 is 5.82 Å². The molecule has 26 heavy (non-hydrogen) atoms. The Morgan fingerprint density at radius 3 is 2.81 bits per heavy atom. The molecule has 3 aromatic rings. The Morgan fingerprint density at radius 2 is 1.96 bits per heavy atom. The highest BCUT2D eigenvalue weighted by molar-refractivity contribution is 6.30. The summed E-state index contributed by atoms with van der Waals surface area (Å²) >= 11 is 5.86. The minimum absolute atomic E-state index is 0.138. The number of fused-ring (bicyclic) bond motifs is 1. The maximum atomic E-state index is 13.3. The Morgan fingerprint density at radius 1 is 1.12 bits per heavy atom. The summed E-state index contributed by atoms with van der Waals surface area (Å²) in [5, 5.41) is 11.7. The summed E-state index contributed by atoms with van der Waals surface area (Å²) in [4.78, 5) is 6.90. The van der Waals surface area contributed by atoms with Crippen LogP contribution in [0, 0.1) is 11.7 Å². The molecule has 4 rings (SSSR count). The molecule has 0 unspecified atom stereocenters. The smallest absolute Gasteiger partial charge is 0.141 e. The van der Waals surface area contributed by atoms with Gasteiger partial charge in [-0.1, -0.05) is 41.9 Å². The Hall–Kier alpha value is -2.01. The summed E-state index contributed by atoms with van der Waals surface area (Å²) in [5.41, 5.74) is 2.93. The van der Waals surface area contributed by atoms with Crippen molar-refractivity contribution in [3.05, 3.63) is 76.7 Å². The zero-order valence-corrected chi connectivity index (χ0v) is 15.0. The molecule has 1 saturated heterocycles. The van der Waals surface area contributed by atoms with E-state index in [0.29, 0.717) is 13.1 Å². The molecule has 0 aliphatic carbocycles. The third kappa shape index (κ3) is 3.73. The summed E-state index contributed by atoms with van der Waals surface area (Å²) in [6.07, 6.45) is 0.353. The summed E-state index contributed by atoms with van der Waals surface area (Å²) in [6.45, 7) is 2.04. The number of hydrogen-bond donors (Lipinski definition) is 1. The molecule has 1 aliphatic heterocycles. The van der Waals surface area contributed by atoms with Crippen molar-refractivity contribution in [3.63, 3.8) is 0 Å². The zero-order chi connectivity index (χ0) is 18.1. The lowest BCUT2D eigenvalue weighted by molar-refractivity contribution is 0.140. The topological polar surface area (TPSA) is 36.4 Å². The molecule has 2 heterocycles. The van der Waals surface area contributed by atoms with Crippen LogP contribution in [0.2, 0.25) is 5.02 Å². The van der Waals surface area contributed by atoms with Crippen LogP contribution in [0.25, 0.3) is 10.9 Å². The van der Waals surface area contributed by atoms with Gasteiger partial charge in [0, 0.05) is 36.6 Å². The summed E-state index contributed by atoms with van der Waals surface area (Å²) in [6, 6.07) is 17.0. The number of β-amino-alcohol motifs (C(OH)–C–C–N with tert-alkyl or cyclic N) is 1. The number of hydrogen-bond acceptors (Lipinski definition) is 3. The van der Waals surface area contributed by atoms with E-state index in [1.165, 1.54) is 6.07 Å². The van der Waals surface area contributed by atoms with E-state index in [1.54, 1.807) is 12.1 Å². The number of rotatable bonds is 4. The second kappa shape index (κ2) is 7.31. The minimum atomic E-state index is -0.405. The highest BCUT2D eigenvalue weighted by Gasteiger charge is 2.31. The van der Waals surface area contributed by atoms with Gasteiger partial charge < -0.3 is 5.11 Å². The molecular weight excluding hydrogens is 351 g/mol. The monoisotopic (exact) mass is 370 g/mol. The van der Waals surface area contributed by atoms with Crippen LogP contribution in [0.3, 0.4) is 0 Å². The predicted octanol–water partition coefficient (Wildman–Crippen LogP) is 4.06. The molecule has 0 radical (unpaired) electrons. The van der Waals surface area contributed by atoms with Crippen LogP contribution in [0.5, 0.6) is 0 Å². The molecule has 1 fully saturated rings. The molecule has 2 atom stereocenters. The lowest BCUT2D eigenvalue weighted by Gasteiger charge is -2.16. The number of likely N-dealkylation sites (tertiary alicyclic amines) is 1. The first-order valence-electron chi connectivity index (χ1n) is 8.77. The summed E-state index contributed by atoms with van der Waals surface area (Å²) in [5.74, 6) is -0.267. The Bertz CT molecular complexity index is 933. The molecule has 2 aromatic carbocycles. The van der Waals surface area contributed by atoms with Gasteiger partial charge in [0.05, 0.1) is 16.6 Å². The molecule has 0 bridgehead atoms. The minimum Gasteiger partial charge on any atom is -0.391 e. The normalized spacial score (nSPS) is 20.7. The molecular formula is C21H20ClFN2O. The SMILES string of the molecule is O[C@@H]1CN(Cc2ccc(F)c(Cl)c2)C[C@H]1Cc1ccc2ccccc2n1. The fourth-order valence-corrected chi connectivity index (χ4v) is 3.86. The van der Waals surface area contributed by atoms with Crippen LogP contribution < -0.4 is 0 Å². The molecule has 1 N–H and O–H groups in total. The van der Waals surface area contributed by atoms with Gasteiger partial charge in [0.1, 0.15) is 5.82 Å². The molecule has 0 saturated carbocycles. The van der Waals surface area contributed by atoms with Crippen molar-refractivity contribution in [1.29, 1.82) is 0 Å². The number of aromatic nitrogens is 1. The highest BCUT2D eigenvalue weighted by Crippen LogP contribution is 2.25. The first-order chi connectivity index (χ1) is 12.6. The average Bonchev–Trinajstić information content (AvgIpc) is 2.97. The first-order valence-corrected chi connectivity index (χ1v) is 9.15. The van der Waals surface area contributed by atoms with Gasteiger partial charge in [0.15, 0.2) is 0 Å². The third-order valence-corrected chi connectivity index (χ3v) is 5.29. The molecule has 5 heteroatoms.